The Labute approximate surface area is 141 Å². The summed E-state index contributed by atoms with van der Waals surface area (Å²) in [5.41, 5.74) is 2.52. The monoisotopic (exact) mass is 351 g/mol. The van der Waals surface area contributed by atoms with Crippen LogP contribution in [0.2, 0.25) is 0 Å². The minimum Gasteiger partial charge on any atom is -0.326 e. The van der Waals surface area contributed by atoms with Crippen LogP contribution in [0.5, 0.6) is 0 Å². The van der Waals surface area contributed by atoms with E-state index in [2.05, 4.69) is 22.3 Å². The summed E-state index contributed by atoms with van der Waals surface area (Å²) < 4.78 is 22.5. The Balaban J connectivity index is 1.61. The highest BCUT2D eigenvalue weighted by Gasteiger charge is 2.39. The normalized spacial score (nSPS) is 21.7. The first-order valence-corrected chi connectivity index (χ1v) is 9.98. The molecule has 0 radical (unpaired) electrons. The summed E-state index contributed by atoms with van der Waals surface area (Å²) in [5, 5.41) is 2.58. The van der Waals surface area contributed by atoms with E-state index in [1.54, 1.807) is 0 Å². The van der Waals surface area contributed by atoms with Gasteiger partial charge >= 0.3 is 6.03 Å². The average Bonchev–Trinajstić information content (AvgIpc) is 2.80. The Bertz CT molecular complexity index is 762. The fourth-order valence-electron chi connectivity index (χ4n) is 3.11. The van der Waals surface area contributed by atoms with Crippen molar-refractivity contribution in [1.29, 1.82) is 0 Å². The van der Waals surface area contributed by atoms with Gasteiger partial charge in [0.25, 0.3) is 5.91 Å². The highest BCUT2D eigenvalue weighted by molar-refractivity contribution is 7.90. The zero-order valence-electron chi connectivity index (χ0n) is 13.6. The van der Waals surface area contributed by atoms with Crippen molar-refractivity contribution in [2.75, 3.05) is 25.2 Å². The molecule has 7 nitrogen and oxygen atoms in total. The molecule has 8 heteroatoms. The van der Waals surface area contributed by atoms with Crippen molar-refractivity contribution in [1.82, 2.24) is 15.1 Å². The van der Waals surface area contributed by atoms with Crippen LogP contribution in [0, 0.1) is 0 Å². The van der Waals surface area contributed by atoms with Gasteiger partial charge in [0.15, 0.2) is 0 Å². The molecule has 1 N–H and O–H groups in total. The van der Waals surface area contributed by atoms with E-state index in [0.29, 0.717) is 6.54 Å². The molecule has 0 aromatic heterocycles. The Morgan fingerprint density at radius 3 is 2.62 bits per heavy atom. The third-order valence-electron chi connectivity index (χ3n) is 4.44. The first kappa shape index (κ1) is 16.9. The molecule has 1 fully saturated rings. The van der Waals surface area contributed by atoms with Gasteiger partial charge in [0, 0.05) is 19.3 Å². The van der Waals surface area contributed by atoms with Gasteiger partial charge < -0.3 is 5.32 Å². The number of urea groups is 1. The van der Waals surface area contributed by atoms with Crippen LogP contribution in [-0.2, 0) is 27.6 Å². The number of hydrogen-bond acceptors (Lipinski definition) is 5. The van der Waals surface area contributed by atoms with Crippen LogP contribution in [0.15, 0.2) is 24.3 Å². The van der Waals surface area contributed by atoms with Gasteiger partial charge in [0.05, 0.1) is 12.4 Å². The summed E-state index contributed by atoms with van der Waals surface area (Å²) >= 11 is 0. The van der Waals surface area contributed by atoms with Crippen LogP contribution >= 0.6 is 0 Å². The lowest BCUT2D eigenvalue weighted by molar-refractivity contribution is -0.129. The highest BCUT2D eigenvalue weighted by Crippen LogP contribution is 2.20. The van der Waals surface area contributed by atoms with Crippen LogP contribution < -0.4 is 5.32 Å². The fourth-order valence-corrected chi connectivity index (χ4v) is 3.78. The second-order valence-corrected chi connectivity index (χ2v) is 8.66. The number of amides is 3. The molecule has 0 spiro atoms. The summed E-state index contributed by atoms with van der Waals surface area (Å²) in [6.45, 7) is 1.71. The van der Waals surface area contributed by atoms with E-state index in [-0.39, 0.29) is 24.7 Å². The van der Waals surface area contributed by atoms with Crippen LogP contribution in [0.1, 0.15) is 17.5 Å². The maximum atomic E-state index is 12.4. The molecule has 1 atom stereocenters. The second-order valence-electron chi connectivity index (χ2n) is 6.40. The van der Waals surface area contributed by atoms with E-state index in [1.807, 2.05) is 12.1 Å². The van der Waals surface area contributed by atoms with Gasteiger partial charge in [-0.3, -0.25) is 9.69 Å². The molecule has 1 saturated heterocycles. The van der Waals surface area contributed by atoms with E-state index in [4.69, 9.17) is 0 Å². The van der Waals surface area contributed by atoms with Gasteiger partial charge in [0.1, 0.15) is 15.9 Å². The molecule has 0 unspecified atom stereocenters. The summed E-state index contributed by atoms with van der Waals surface area (Å²) in [5.74, 6) is -0.461. The SMILES string of the molecule is CS(=O)(=O)CC[C@@H]1NC(=O)N(CN2CCc3ccccc3C2)C1=O. The van der Waals surface area contributed by atoms with Crippen LogP contribution in [0.25, 0.3) is 0 Å². The number of rotatable bonds is 5. The lowest BCUT2D eigenvalue weighted by atomic mass is 10.0. The third kappa shape index (κ3) is 3.76. The molecule has 0 aliphatic carbocycles. The highest BCUT2D eigenvalue weighted by atomic mass is 32.2. The molecule has 1 aromatic rings. The quantitative estimate of drug-likeness (QED) is 0.774. The average molecular weight is 351 g/mol. The zero-order valence-corrected chi connectivity index (χ0v) is 14.4. The van der Waals surface area contributed by atoms with Gasteiger partial charge in [-0.25, -0.2) is 18.1 Å². The predicted molar refractivity (Wildman–Crippen MR) is 88.9 cm³/mol. The molecule has 2 aliphatic heterocycles. The number of imide groups is 1. The number of hydrogen-bond donors (Lipinski definition) is 1. The molecule has 24 heavy (non-hydrogen) atoms. The molecular formula is C16H21N3O4S. The van der Waals surface area contributed by atoms with E-state index in [9.17, 15) is 18.0 Å². The zero-order chi connectivity index (χ0) is 17.3. The largest absolute Gasteiger partial charge is 0.326 e. The van der Waals surface area contributed by atoms with E-state index in [0.717, 1.165) is 19.2 Å². The van der Waals surface area contributed by atoms with Crippen molar-refractivity contribution < 1.29 is 18.0 Å². The number of nitrogens with one attached hydrogen (secondary N) is 1. The van der Waals surface area contributed by atoms with Crippen molar-refractivity contribution >= 4 is 21.8 Å². The summed E-state index contributed by atoms with van der Waals surface area (Å²) in [7, 11) is -3.16. The smallest absolute Gasteiger partial charge is 0.325 e. The summed E-state index contributed by atoms with van der Waals surface area (Å²) in [4.78, 5) is 27.7. The molecule has 0 saturated carbocycles. The van der Waals surface area contributed by atoms with Crippen molar-refractivity contribution in [2.45, 2.75) is 25.4 Å². The van der Waals surface area contributed by atoms with Crippen LogP contribution in [0.3, 0.4) is 0 Å². The summed E-state index contributed by atoms with van der Waals surface area (Å²) in [6.07, 6.45) is 2.12. The Kier molecular flexibility index (Phi) is 4.60. The number of sulfone groups is 1. The maximum absolute atomic E-state index is 12.4. The Morgan fingerprint density at radius 1 is 1.21 bits per heavy atom. The van der Waals surface area contributed by atoms with Crippen molar-refractivity contribution in [3.8, 4) is 0 Å². The van der Waals surface area contributed by atoms with E-state index in [1.165, 1.54) is 16.0 Å². The second kappa shape index (κ2) is 6.52. The van der Waals surface area contributed by atoms with Crippen molar-refractivity contribution in [3.63, 3.8) is 0 Å². The fraction of sp³-hybridized carbons (Fsp3) is 0.500. The number of carbonyl (C=O) groups excluding carboxylic acids is 2. The van der Waals surface area contributed by atoms with Gasteiger partial charge in [-0.05, 0) is 24.0 Å². The standard InChI is InChI=1S/C16H21N3O4S/c1-24(22,23)9-7-14-15(20)19(16(21)17-14)11-18-8-6-12-4-2-3-5-13(12)10-18/h2-5,14H,6-11H2,1H3,(H,17,21)/t14-/m0/s1. The third-order valence-corrected chi connectivity index (χ3v) is 5.41. The molecule has 2 heterocycles. The number of fused-ring (bicyclic) bond motifs is 1. The first-order valence-electron chi connectivity index (χ1n) is 7.92. The maximum Gasteiger partial charge on any atom is 0.325 e. The lowest BCUT2D eigenvalue weighted by Gasteiger charge is -2.30. The van der Waals surface area contributed by atoms with Crippen molar-refractivity contribution in [2.24, 2.45) is 0 Å². The Hall–Kier alpha value is -1.93. The Morgan fingerprint density at radius 2 is 1.92 bits per heavy atom. The van der Waals surface area contributed by atoms with Gasteiger partial charge in [-0.1, -0.05) is 24.3 Å². The van der Waals surface area contributed by atoms with Crippen LogP contribution in [0.4, 0.5) is 4.79 Å². The van der Waals surface area contributed by atoms with Crippen LogP contribution in [-0.4, -0.2) is 61.4 Å². The number of carbonyl (C=O) groups is 2. The van der Waals surface area contributed by atoms with E-state index < -0.39 is 21.9 Å². The minimum absolute atomic E-state index is 0.114. The minimum atomic E-state index is -3.16. The lowest BCUT2D eigenvalue weighted by Crippen LogP contribution is -2.44. The molecule has 3 amide bonds. The molecule has 130 valence electrons. The van der Waals surface area contributed by atoms with Gasteiger partial charge in [-0.2, -0.15) is 0 Å². The van der Waals surface area contributed by atoms with Gasteiger partial charge in [-0.15, -0.1) is 0 Å². The topological polar surface area (TPSA) is 86.8 Å². The van der Waals surface area contributed by atoms with Crippen molar-refractivity contribution in [3.05, 3.63) is 35.4 Å². The molecule has 0 bridgehead atoms. The predicted octanol–water partition coefficient (Wildman–Crippen LogP) is 0.357. The number of nitrogens with zero attached hydrogens (tertiary/aromatic N) is 2. The van der Waals surface area contributed by atoms with Gasteiger partial charge in [0.2, 0.25) is 0 Å². The molecule has 1 aromatic carbocycles. The molecular weight excluding hydrogens is 330 g/mol. The molecule has 2 aliphatic rings. The molecule has 3 rings (SSSR count). The summed E-state index contributed by atoms with van der Waals surface area (Å²) in [6, 6.07) is 6.96. The number of benzene rings is 1. The van der Waals surface area contributed by atoms with E-state index >= 15 is 0 Å². The first-order chi connectivity index (χ1) is 11.3.